The third kappa shape index (κ3) is 5.88. The van der Waals surface area contributed by atoms with Crippen molar-refractivity contribution >= 4 is 5.69 Å². The summed E-state index contributed by atoms with van der Waals surface area (Å²) in [4.78, 5) is 4.39. The van der Waals surface area contributed by atoms with Gasteiger partial charge in [0.1, 0.15) is 5.82 Å². The Balaban J connectivity index is 2.71. The van der Waals surface area contributed by atoms with E-state index in [9.17, 15) is 4.39 Å². The van der Waals surface area contributed by atoms with Gasteiger partial charge in [0.05, 0.1) is 0 Å². The number of anilines is 1. The van der Waals surface area contributed by atoms with Crippen molar-refractivity contribution in [1.82, 2.24) is 10.2 Å². The lowest BCUT2D eigenvalue weighted by molar-refractivity contribution is 0.401. The van der Waals surface area contributed by atoms with Crippen LogP contribution in [0, 0.1) is 5.82 Å². The molecule has 0 unspecified atom stereocenters. The molecule has 114 valence electrons. The van der Waals surface area contributed by atoms with Crippen molar-refractivity contribution in [2.75, 3.05) is 39.1 Å². The van der Waals surface area contributed by atoms with Crippen LogP contribution in [-0.2, 0) is 6.54 Å². The minimum Gasteiger partial charge on any atom is -0.374 e. The summed E-state index contributed by atoms with van der Waals surface area (Å²) < 4.78 is 13.4. The van der Waals surface area contributed by atoms with E-state index < -0.39 is 0 Å². The van der Waals surface area contributed by atoms with Gasteiger partial charge in [0.2, 0.25) is 0 Å². The molecule has 20 heavy (non-hydrogen) atoms. The number of halogens is 1. The summed E-state index contributed by atoms with van der Waals surface area (Å²) in [6, 6.07) is 5.44. The van der Waals surface area contributed by atoms with E-state index in [2.05, 4.69) is 50.1 Å². The fourth-order valence-electron chi connectivity index (χ4n) is 2.13. The van der Waals surface area contributed by atoms with Crippen LogP contribution in [0.2, 0.25) is 0 Å². The molecule has 0 saturated heterocycles. The zero-order valence-electron chi connectivity index (χ0n) is 13.4. The lowest BCUT2D eigenvalue weighted by Crippen LogP contribution is -2.27. The monoisotopic (exact) mass is 281 g/mol. The smallest absolute Gasteiger partial charge is 0.123 e. The van der Waals surface area contributed by atoms with Gasteiger partial charge in [-0.15, -0.1) is 0 Å². The molecule has 0 aromatic heterocycles. The van der Waals surface area contributed by atoms with E-state index in [1.165, 1.54) is 6.07 Å². The fourth-order valence-corrected chi connectivity index (χ4v) is 2.13. The Kier molecular flexibility index (Phi) is 6.96. The molecule has 1 aromatic rings. The third-order valence-corrected chi connectivity index (χ3v) is 3.25. The summed E-state index contributed by atoms with van der Waals surface area (Å²) in [5.74, 6) is -0.170. The van der Waals surface area contributed by atoms with Crippen LogP contribution < -0.4 is 10.2 Å². The molecule has 0 bridgehead atoms. The van der Waals surface area contributed by atoms with Crippen molar-refractivity contribution in [1.29, 1.82) is 0 Å². The maximum absolute atomic E-state index is 13.4. The number of rotatable bonds is 8. The van der Waals surface area contributed by atoms with Gasteiger partial charge in [-0.25, -0.2) is 4.39 Å². The van der Waals surface area contributed by atoms with Crippen molar-refractivity contribution in [3.8, 4) is 0 Å². The molecule has 0 aliphatic rings. The molecule has 0 saturated carbocycles. The van der Waals surface area contributed by atoms with E-state index in [1.54, 1.807) is 6.07 Å². The summed E-state index contributed by atoms with van der Waals surface area (Å²) in [5.41, 5.74) is 2.13. The van der Waals surface area contributed by atoms with Crippen molar-refractivity contribution in [3.05, 3.63) is 29.6 Å². The summed E-state index contributed by atoms with van der Waals surface area (Å²) >= 11 is 0. The molecule has 0 amide bonds. The van der Waals surface area contributed by atoms with Crippen molar-refractivity contribution < 1.29 is 4.39 Å². The summed E-state index contributed by atoms with van der Waals surface area (Å²) in [6.45, 7) is 6.92. The average Bonchev–Trinajstić information content (AvgIpc) is 2.35. The highest BCUT2D eigenvalue weighted by molar-refractivity contribution is 5.53. The predicted molar refractivity (Wildman–Crippen MR) is 84.8 cm³/mol. The maximum Gasteiger partial charge on any atom is 0.123 e. The Hall–Kier alpha value is -1.13. The first kappa shape index (κ1) is 16.9. The van der Waals surface area contributed by atoms with Gasteiger partial charge in [0.15, 0.2) is 0 Å². The second kappa shape index (κ2) is 8.22. The quantitative estimate of drug-likeness (QED) is 0.790. The van der Waals surface area contributed by atoms with Gasteiger partial charge in [0, 0.05) is 31.9 Å². The van der Waals surface area contributed by atoms with E-state index >= 15 is 0 Å². The Morgan fingerprint density at radius 1 is 1.15 bits per heavy atom. The largest absolute Gasteiger partial charge is 0.374 e. The van der Waals surface area contributed by atoms with Gasteiger partial charge in [-0.1, -0.05) is 13.8 Å². The second-order valence-electron chi connectivity index (χ2n) is 5.89. The Morgan fingerprint density at radius 3 is 2.45 bits per heavy atom. The molecule has 0 aliphatic carbocycles. The average molecular weight is 281 g/mol. The Bertz CT molecular complexity index is 405. The van der Waals surface area contributed by atoms with Crippen LogP contribution in [0.25, 0.3) is 0 Å². The number of hydrogen-bond donors (Lipinski definition) is 1. The topological polar surface area (TPSA) is 18.5 Å². The highest BCUT2D eigenvalue weighted by Crippen LogP contribution is 2.21. The van der Waals surface area contributed by atoms with Crippen molar-refractivity contribution in [2.45, 2.75) is 32.9 Å². The molecular formula is C16H28FN3. The van der Waals surface area contributed by atoms with Crippen LogP contribution in [0.3, 0.4) is 0 Å². The molecule has 4 heteroatoms. The van der Waals surface area contributed by atoms with Crippen LogP contribution in [0.4, 0.5) is 10.1 Å². The third-order valence-electron chi connectivity index (χ3n) is 3.25. The highest BCUT2D eigenvalue weighted by Gasteiger charge is 2.09. The molecule has 0 radical (unpaired) electrons. The number of nitrogens with zero attached hydrogens (tertiary/aromatic N) is 2. The van der Waals surface area contributed by atoms with E-state index in [-0.39, 0.29) is 5.82 Å². The zero-order chi connectivity index (χ0) is 15.1. The lowest BCUT2D eigenvalue weighted by atomic mass is 10.1. The molecule has 0 heterocycles. The molecule has 0 aliphatic heterocycles. The lowest BCUT2D eigenvalue weighted by Gasteiger charge is -2.24. The first-order chi connectivity index (χ1) is 9.40. The van der Waals surface area contributed by atoms with E-state index in [4.69, 9.17) is 0 Å². The Labute approximate surface area is 122 Å². The van der Waals surface area contributed by atoms with Crippen LogP contribution in [0.15, 0.2) is 18.2 Å². The fraction of sp³-hybridized carbons (Fsp3) is 0.625. The Morgan fingerprint density at radius 2 is 1.85 bits per heavy atom. The molecule has 3 nitrogen and oxygen atoms in total. The second-order valence-corrected chi connectivity index (χ2v) is 5.89. The van der Waals surface area contributed by atoms with Crippen LogP contribution in [0.1, 0.15) is 25.8 Å². The van der Waals surface area contributed by atoms with Crippen LogP contribution >= 0.6 is 0 Å². The van der Waals surface area contributed by atoms with E-state index in [1.807, 2.05) is 6.07 Å². The molecule has 0 fully saturated rings. The number of nitrogens with one attached hydrogen (secondary N) is 1. The van der Waals surface area contributed by atoms with Crippen molar-refractivity contribution in [3.63, 3.8) is 0 Å². The highest BCUT2D eigenvalue weighted by atomic mass is 19.1. The summed E-state index contributed by atoms with van der Waals surface area (Å²) in [7, 11) is 6.23. The molecule has 0 atom stereocenters. The summed E-state index contributed by atoms with van der Waals surface area (Å²) in [6.07, 6.45) is 1.10. The minimum atomic E-state index is -0.170. The van der Waals surface area contributed by atoms with Gasteiger partial charge in [-0.05, 0) is 50.8 Å². The number of hydrogen-bond acceptors (Lipinski definition) is 3. The molecular weight excluding hydrogens is 253 g/mol. The number of benzene rings is 1. The van der Waals surface area contributed by atoms with Crippen LogP contribution in [-0.4, -0.2) is 45.2 Å². The molecule has 0 spiro atoms. The zero-order valence-corrected chi connectivity index (χ0v) is 13.4. The first-order valence-electron chi connectivity index (χ1n) is 7.28. The minimum absolute atomic E-state index is 0.170. The molecule has 1 N–H and O–H groups in total. The van der Waals surface area contributed by atoms with Gasteiger partial charge >= 0.3 is 0 Å². The van der Waals surface area contributed by atoms with Gasteiger partial charge in [-0.3, -0.25) is 0 Å². The van der Waals surface area contributed by atoms with Gasteiger partial charge in [0.25, 0.3) is 0 Å². The first-order valence-corrected chi connectivity index (χ1v) is 7.28. The normalized spacial score (nSPS) is 11.4. The molecule has 1 aromatic carbocycles. The SMILES string of the molecule is CC(C)NCc1cc(F)ccc1N(C)CCCN(C)C. The maximum atomic E-state index is 13.4. The van der Waals surface area contributed by atoms with E-state index in [0.29, 0.717) is 12.6 Å². The van der Waals surface area contributed by atoms with Crippen molar-refractivity contribution in [2.24, 2.45) is 0 Å². The van der Waals surface area contributed by atoms with Gasteiger partial charge in [-0.2, -0.15) is 0 Å². The standard InChI is InChI=1S/C16H28FN3/c1-13(2)18-12-14-11-15(17)7-8-16(14)20(5)10-6-9-19(3)4/h7-8,11,13,18H,6,9-10,12H2,1-5H3. The van der Waals surface area contributed by atoms with Gasteiger partial charge < -0.3 is 15.1 Å². The summed E-state index contributed by atoms with van der Waals surface area (Å²) in [5, 5.41) is 3.36. The predicted octanol–water partition coefficient (Wildman–Crippen LogP) is 2.71. The van der Waals surface area contributed by atoms with Crippen LogP contribution in [0.5, 0.6) is 0 Å². The molecule has 1 rings (SSSR count). The van der Waals surface area contributed by atoms with E-state index in [0.717, 1.165) is 30.8 Å².